The van der Waals surface area contributed by atoms with Crippen molar-refractivity contribution in [1.29, 1.82) is 0 Å². The van der Waals surface area contributed by atoms with Crippen LogP contribution >= 0.6 is 10.8 Å². The second kappa shape index (κ2) is 6.97. The monoisotopic (exact) mass is 406 g/mol. The summed E-state index contributed by atoms with van der Waals surface area (Å²) in [4.78, 5) is 34.7. The summed E-state index contributed by atoms with van der Waals surface area (Å²) in [6, 6.07) is 5.25. The summed E-state index contributed by atoms with van der Waals surface area (Å²) in [5.74, 6) is -0.825. The summed E-state index contributed by atoms with van der Waals surface area (Å²) in [5.41, 5.74) is -1.15. The molecule has 0 fully saturated rings. The van der Waals surface area contributed by atoms with Gasteiger partial charge in [-0.2, -0.15) is 0 Å². The Morgan fingerprint density at radius 2 is 1.89 bits per heavy atom. The van der Waals surface area contributed by atoms with Crippen LogP contribution in [0.4, 0.5) is 5.69 Å². The van der Waals surface area contributed by atoms with E-state index < -0.39 is 45.1 Å². The van der Waals surface area contributed by atoms with Crippen molar-refractivity contribution in [2.24, 2.45) is 0 Å². The van der Waals surface area contributed by atoms with E-state index in [1.54, 1.807) is 13.8 Å². The van der Waals surface area contributed by atoms with Crippen molar-refractivity contribution in [3.05, 3.63) is 55.8 Å². The summed E-state index contributed by atoms with van der Waals surface area (Å²) < 4.78 is 18.4. The molecule has 9 nitrogen and oxygen atoms in total. The van der Waals surface area contributed by atoms with Gasteiger partial charge in [0.15, 0.2) is 5.75 Å². The minimum atomic E-state index is -1.87. The minimum absolute atomic E-state index is 0.0319. The number of nitrogens with one attached hydrogen (secondary N) is 1. The summed E-state index contributed by atoms with van der Waals surface area (Å²) in [6.07, 6.45) is -1.24. The highest BCUT2D eigenvalue weighted by Gasteiger charge is 2.49. The molecular weight excluding hydrogens is 388 g/mol. The van der Waals surface area contributed by atoms with Gasteiger partial charge in [-0.3, -0.25) is 19.7 Å². The Morgan fingerprint density at radius 1 is 1.29 bits per heavy atom. The van der Waals surface area contributed by atoms with Gasteiger partial charge in [0.25, 0.3) is 11.6 Å². The molecule has 0 radical (unpaired) electrons. The molecule has 148 valence electrons. The SMILES string of the molecule is CC(=O)c1cc2c([s+]1[O-])C(NC(=O)c1ccc([N+](=O)[O-])cc1)C(O)C(C)(C)O2. The van der Waals surface area contributed by atoms with E-state index in [-0.39, 0.29) is 26.8 Å². The first-order valence-electron chi connectivity index (χ1n) is 8.34. The van der Waals surface area contributed by atoms with E-state index in [4.69, 9.17) is 4.74 Å². The zero-order chi connectivity index (χ0) is 20.8. The van der Waals surface area contributed by atoms with Crippen molar-refractivity contribution >= 4 is 28.1 Å². The number of rotatable bonds is 4. The first kappa shape index (κ1) is 19.9. The van der Waals surface area contributed by atoms with Gasteiger partial charge in [0.2, 0.25) is 15.5 Å². The zero-order valence-electron chi connectivity index (χ0n) is 15.3. The van der Waals surface area contributed by atoms with E-state index in [1.807, 2.05) is 0 Å². The number of carbonyl (C=O) groups is 2. The number of nitro groups is 1. The molecule has 1 aromatic carbocycles. The Labute approximate surface area is 162 Å². The van der Waals surface area contributed by atoms with Gasteiger partial charge in [0, 0.05) is 30.7 Å². The van der Waals surface area contributed by atoms with Gasteiger partial charge in [-0.1, -0.05) is 0 Å². The topological polar surface area (TPSA) is 142 Å². The Morgan fingerprint density at radius 3 is 2.43 bits per heavy atom. The van der Waals surface area contributed by atoms with Crippen LogP contribution in [0.25, 0.3) is 0 Å². The number of carbonyl (C=O) groups excluding carboxylic acids is 2. The molecule has 2 aromatic rings. The molecule has 3 unspecified atom stereocenters. The van der Waals surface area contributed by atoms with E-state index in [1.165, 1.54) is 37.3 Å². The van der Waals surface area contributed by atoms with Crippen molar-refractivity contribution in [3.63, 3.8) is 0 Å². The molecule has 3 atom stereocenters. The van der Waals surface area contributed by atoms with Crippen LogP contribution in [0.3, 0.4) is 0 Å². The molecule has 0 bridgehead atoms. The maximum absolute atomic E-state index is 12.7. The Hall–Kier alpha value is -2.82. The number of fused-ring (bicyclic) bond motifs is 1. The van der Waals surface area contributed by atoms with E-state index in [9.17, 15) is 29.4 Å². The third-order valence-electron chi connectivity index (χ3n) is 4.56. The van der Waals surface area contributed by atoms with Crippen molar-refractivity contribution in [3.8, 4) is 5.75 Å². The normalized spacial score (nSPS) is 20.7. The van der Waals surface area contributed by atoms with Gasteiger partial charge >= 0.3 is 0 Å². The number of nitro benzene ring substituents is 1. The molecular formula is C18H18N2O7S. The molecule has 1 aliphatic rings. The fourth-order valence-electron chi connectivity index (χ4n) is 3.03. The number of Topliss-reactive ketones (excluding diaryl/α,β-unsaturated/α-hetero) is 1. The van der Waals surface area contributed by atoms with Crippen LogP contribution in [0.15, 0.2) is 30.3 Å². The number of aliphatic hydroxyl groups excluding tert-OH is 1. The molecule has 0 aliphatic carbocycles. The van der Waals surface area contributed by atoms with E-state index >= 15 is 0 Å². The number of ketones is 1. The largest absolute Gasteiger partial charge is 0.590 e. The molecule has 28 heavy (non-hydrogen) atoms. The summed E-state index contributed by atoms with van der Waals surface area (Å²) in [6.45, 7) is 4.48. The third kappa shape index (κ3) is 3.37. The Kier molecular flexibility index (Phi) is 4.96. The van der Waals surface area contributed by atoms with Gasteiger partial charge in [0.05, 0.1) is 4.92 Å². The van der Waals surface area contributed by atoms with Gasteiger partial charge in [0.1, 0.15) is 17.7 Å². The van der Waals surface area contributed by atoms with Gasteiger partial charge in [-0.25, -0.2) is 0 Å². The quantitative estimate of drug-likeness (QED) is 0.344. The number of hydrogen-bond acceptors (Lipinski definition) is 7. The van der Waals surface area contributed by atoms with Gasteiger partial charge < -0.3 is 19.7 Å². The molecule has 1 aromatic heterocycles. The fourth-order valence-corrected chi connectivity index (χ4v) is 4.44. The second-order valence-corrected chi connectivity index (χ2v) is 8.38. The molecule has 1 amide bonds. The Bertz CT molecular complexity index is 965. The highest BCUT2D eigenvalue weighted by Crippen LogP contribution is 2.48. The lowest BCUT2D eigenvalue weighted by Gasteiger charge is -2.39. The van der Waals surface area contributed by atoms with E-state index in [2.05, 4.69) is 5.32 Å². The smallest absolute Gasteiger partial charge is 0.269 e. The van der Waals surface area contributed by atoms with Crippen molar-refractivity contribution in [1.82, 2.24) is 5.32 Å². The lowest BCUT2D eigenvalue weighted by molar-refractivity contribution is -0.384. The van der Waals surface area contributed by atoms with Crippen LogP contribution < -0.4 is 10.1 Å². The number of non-ortho nitro benzene ring substituents is 1. The highest BCUT2D eigenvalue weighted by atomic mass is 32.2. The van der Waals surface area contributed by atoms with Crippen molar-refractivity contribution < 1.29 is 28.9 Å². The maximum Gasteiger partial charge on any atom is 0.269 e. The molecule has 0 saturated heterocycles. The van der Waals surface area contributed by atoms with Crippen LogP contribution in [0.1, 0.15) is 51.7 Å². The fraction of sp³-hybridized carbons (Fsp3) is 0.333. The lowest BCUT2D eigenvalue weighted by Crippen LogP contribution is -2.53. The average Bonchev–Trinajstić information content (AvgIpc) is 2.94. The van der Waals surface area contributed by atoms with Crippen LogP contribution in [-0.2, 0) is 0 Å². The standard InChI is InChI=1S/C18H18N2O7S/c1-9(21)13-8-12-15(28(13)26)14(16(22)18(2,3)27-12)19-17(23)10-4-6-11(7-5-10)20(24)25/h4-8,14,16,22H,1-3H3,(H,19,23). The molecule has 0 saturated carbocycles. The summed E-state index contributed by atoms with van der Waals surface area (Å²) in [7, 11) is -1.87. The van der Waals surface area contributed by atoms with E-state index in [0.717, 1.165) is 0 Å². The van der Waals surface area contributed by atoms with Crippen LogP contribution in [-0.4, -0.2) is 38.0 Å². The van der Waals surface area contributed by atoms with Crippen LogP contribution in [0, 0.1) is 10.1 Å². The second-order valence-electron chi connectivity index (χ2n) is 6.97. The number of hydrogen-bond donors (Lipinski definition) is 2. The van der Waals surface area contributed by atoms with Gasteiger partial charge in [-0.05, 0) is 36.7 Å². The maximum atomic E-state index is 12.7. The number of aliphatic hydroxyl groups is 1. The first-order valence-corrected chi connectivity index (χ1v) is 9.49. The molecule has 3 rings (SSSR count). The van der Waals surface area contributed by atoms with Crippen molar-refractivity contribution in [2.45, 2.75) is 38.5 Å². The predicted octanol–water partition coefficient (Wildman–Crippen LogP) is 2.53. The molecule has 2 N–H and O–H groups in total. The van der Waals surface area contributed by atoms with Crippen LogP contribution in [0.5, 0.6) is 5.75 Å². The predicted molar refractivity (Wildman–Crippen MR) is 99.1 cm³/mol. The molecule has 0 spiro atoms. The first-order chi connectivity index (χ1) is 13.0. The lowest BCUT2D eigenvalue weighted by atomic mass is 9.90. The average molecular weight is 406 g/mol. The zero-order valence-corrected chi connectivity index (χ0v) is 16.1. The molecule has 2 heterocycles. The van der Waals surface area contributed by atoms with Crippen LogP contribution in [0.2, 0.25) is 0 Å². The number of thiophene rings is 1. The molecule has 1 aliphatic heterocycles. The van der Waals surface area contributed by atoms with E-state index in [0.29, 0.717) is 0 Å². The number of amides is 1. The number of nitrogens with zero attached hydrogens (tertiary/aromatic N) is 1. The third-order valence-corrected chi connectivity index (χ3v) is 6.22. The number of ether oxygens (including phenoxy) is 1. The minimum Gasteiger partial charge on any atom is -0.590 e. The summed E-state index contributed by atoms with van der Waals surface area (Å²) >= 11 is 0. The Balaban J connectivity index is 1.97. The number of benzene rings is 1. The highest BCUT2D eigenvalue weighted by molar-refractivity contribution is 7.27. The summed E-state index contributed by atoms with van der Waals surface area (Å²) in [5, 5.41) is 24.1. The van der Waals surface area contributed by atoms with Gasteiger partial charge in [-0.15, -0.1) is 0 Å². The molecule has 10 heteroatoms. The van der Waals surface area contributed by atoms with Crippen molar-refractivity contribution in [2.75, 3.05) is 0 Å².